The number of piperidine rings is 1. The number of rotatable bonds is 5. The van der Waals surface area contributed by atoms with Gasteiger partial charge in [0.05, 0.1) is 0 Å². The Balaban J connectivity index is 1.44. The molecular formula is C25H27Cl2N3O3. The third kappa shape index (κ3) is 4.44. The highest BCUT2D eigenvalue weighted by Crippen LogP contribution is 2.45. The second kappa shape index (κ2) is 9.16. The van der Waals surface area contributed by atoms with Crippen molar-refractivity contribution in [1.82, 2.24) is 10.2 Å². The van der Waals surface area contributed by atoms with Gasteiger partial charge in [0.25, 0.3) is 0 Å². The first-order chi connectivity index (χ1) is 15.9. The second-order valence-electron chi connectivity index (χ2n) is 9.20. The average molecular weight is 488 g/mol. The van der Waals surface area contributed by atoms with Crippen LogP contribution in [0.25, 0.3) is 0 Å². The molecule has 2 unspecified atom stereocenters. The van der Waals surface area contributed by atoms with Crippen molar-refractivity contribution in [1.29, 1.82) is 0 Å². The highest BCUT2D eigenvalue weighted by molar-refractivity contribution is 6.31. The summed E-state index contributed by atoms with van der Waals surface area (Å²) in [5, 5.41) is 7.19. The van der Waals surface area contributed by atoms with Crippen LogP contribution in [0.4, 0.5) is 10.5 Å². The van der Waals surface area contributed by atoms with Crippen LogP contribution in [0.3, 0.4) is 0 Å². The molecule has 0 spiro atoms. The number of carbonyl (C=O) groups excluding carboxylic acids is 2. The van der Waals surface area contributed by atoms with Crippen molar-refractivity contribution in [3.05, 3.63) is 63.6 Å². The molecule has 6 nitrogen and oxygen atoms in total. The normalized spacial score (nSPS) is 25.2. The molecule has 1 saturated heterocycles. The summed E-state index contributed by atoms with van der Waals surface area (Å²) in [5.41, 5.74) is 1.64. The van der Waals surface area contributed by atoms with Gasteiger partial charge < -0.3 is 15.4 Å². The molecule has 2 aliphatic heterocycles. The van der Waals surface area contributed by atoms with Crippen LogP contribution in [-0.2, 0) is 21.5 Å². The minimum absolute atomic E-state index is 0.0979. The maximum Gasteiger partial charge on any atom is 0.407 e. The molecule has 2 atom stereocenters. The van der Waals surface area contributed by atoms with E-state index in [0.29, 0.717) is 23.0 Å². The molecule has 1 saturated carbocycles. The van der Waals surface area contributed by atoms with Crippen LogP contribution in [0.2, 0.25) is 10.0 Å². The third-order valence-electron chi connectivity index (χ3n) is 7.02. The van der Waals surface area contributed by atoms with E-state index in [9.17, 15) is 9.59 Å². The Labute approximate surface area is 203 Å². The molecular weight excluding hydrogens is 461 g/mol. The Morgan fingerprint density at radius 2 is 1.94 bits per heavy atom. The third-order valence-corrected chi connectivity index (χ3v) is 7.49. The summed E-state index contributed by atoms with van der Waals surface area (Å²) >= 11 is 12.5. The van der Waals surface area contributed by atoms with E-state index in [2.05, 4.69) is 15.5 Å². The van der Waals surface area contributed by atoms with Gasteiger partial charge in [-0.05, 0) is 68.5 Å². The predicted molar refractivity (Wildman–Crippen MR) is 129 cm³/mol. The van der Waals surface area contributed by atoms with Gasteiger partial charge in [0.2, 0.25) is 5.91 Å². The van der Waals surface area contributed by atoms with E-state index in [1.54, 1.807) is 6.07 Å². The summed E-state index contributed by atoms with van der Waals surface area (Å²) in [6.07, 6.45) is 4.58. The number of alkyl carbamates (subject to hydrolysis) is 1. The van der Waals surface area contributed by atoms with Crippen LogP contribution in [0, 0.1) is 0 Å². The van der Waals surface area contributed by atoms with Crippen LogP contribution < -0.4 is 10.6 Å². The molecule has 2 heterocycles. The maximum absolute atomic E-state index is 13.6. The van der Waals surface area contributed by atoms with Gasteiger partial charge in [-0.15, -0.1) is 0 Å². The van der Waals surface area contributed by atoms with Crippen LogP contribution in [0.15, 0.2) is 42.5 Å². The lowest BCUT2D eigenvalue weighted by Gasteiger charge is -2.44. The molecule has 174 valence electrons. The summed E-state index contributed by atoms with van der Waals surface area (Å²) in [6, 6.07) is 13.4. The summed E-state index contributed by atoms with van der Waals surface area (Å²) in [4.78, 5) is 28.2. The Hall–Kier alpha value is -2.28. The second-order valence-corrected chi connectivity index (χ2v) is 10.1. The smallest absolute Gasteiger partial charge is 0.407 e. The number of halogens is 2. The number of amides is 2. The minimum Gasteiger partial charge on any atom is -0.445 e. The number of nitrogens with zero attached hydrogens (tertiary/aromatic N) is 1. The number of hydrogen-bond acceptors (Lipinski definition) is 4. The van der Waals surface area contributed by atoms with Crippen molar-refractivity contribution < 1.29 is 14.3 Å². The number of fused-ring (bicyclic) bond motifs is 1. The summed E-state index contributed by atoms with van der Waals surface area (Å²) in [5.74, 6) is -0.0979. The predicted octanol–water partition coefficient (Wildman–Crippen LogP) is 5.13. The summed E-state index contributed by atoms with van der Waals surface area (Å²) in [6.45, 7) is 1.20. The quantitative estimate of drug-likeness (QED) is 0.613. The van der Waals surface area contributed by atoms with Crippen molar-refractivity contribution in [2.24, 2.45) is 0 Å². The van der Waals surface area contributed by atoms with Gasteiger partial charge >= 0.3 is 6.09 Å². The fourth-order valence-corrected chi connectivity index (χ4v) is 5.54. The molecule has 8 heteroatoms. The Morgan fingerprint density at radius 1 is 1.12 bits per heavy atom. The Morgan fingerprint density at radius 3 is 2.70 bits per heavy atom. The van der Waals surface area contributed by atoms with Crippen LogP contribution in [-0.4, -0.2) is 42.1 Å². The largest absolute Gasteiger partial charge is 0.445 e. The lowest BCUT2D eigenvalue weighted by Crippen LogP contribution is -2.57. The molecule has 2 fully saturated rings. The summed E-state index contributed by atoms with van der Waals surface area (Å²) < 4.78 is 5.78. The van der Waals surface area contributed by atoms with Gasteiger partial charge in [0, 0.05) is 40.3 Å². The first-order valence-corrected chi connectivity index (χ1v) is 12.3. The zero-order valence-corrected chi connectivity index (χ0v) is 19.8. The highest BCUT2D eigenvalue weighted by atomic mass is 35.5. The van der Waals surface area contributed by atoms with Gasteiger partial charge in [-0.2, -0.15) is 0 Å². The summed E-state index contributed by atoms with van der Waals surface area (Å²) in [7, 11) is 0. The highest BCUT2D eigenvalue weighted by Gasteiger charge is 2.52. The molecule has 3 aliphatic rings. The number of likely N-dealkylation sites (tertiary alicyclic amines) is 1. The molecule has 0 bridgehead atoms. The topological polar surface area (TPSA) is 70.7 Å². The fraction of sp³-hybridized carbons (Fsp3) is 0.440. The minimum atomic E-state index is -0.933. The molecule has 33 heavy (non-hydrogen) atoms. The van der Waals surface area contributed by atoms with E-state index in [1.165, 1.54) is 0 Å². The monoisotopic (exact) mass is 487 g/mol. The lowest BCUT2D eigenvalue weighted by atomic mass is 9.81. The van der Waals surface area contributed by atoms with Crippen molar-refractivity contribution in [3.63, 3.8) is 0 Å². The number of carbonyl (C=O) groups is 2. The number of benzene rings is 2. The van der Waals surface area contributed by atoms with E-state index in [1.807, 2.05) is 36.4 Å². The van der Waals surface area contributed by atoms with Crippen molar-refractivity contribution in [2.45, 2.75) is 56.2 Å². The van der Waals surface area contributed by atoms with E-state index in [-0.39, 0.29) is 24.1 Å². The number of nitrogens with one attached hydrogen (secondary N) is 2. The van der Waals surface area contributed by atoms with Crippen LogP contribution in [0.1, 0.15) is 43.2 Å². The average Bonchev–Trinajstić information content (AvgIpc) is 3.02. The van der Waals surface area contributed by atoms with Crippen molar-refractivity contribution in [2.75, 3.05) is 18.4 Å². The van der Waals surface area contributed by atoms with Crippen molar-refractivity contribution in [3.8, 4) is 0 Å². The van der Waals surface area contributed by atoms with E-state index >= 15 is 0 Å². The molecule has 2 N–H and O–H groups in total. The number of ether oxygens (including phenoxy) is 1. The molecule has 5 rings (SSSR count). The SMILES string of the molecule is O=C(NC1CCC1)OC1CCCN(C2(Cc3cccc(Cl)c3)C(=O)Nc3cc(Cl)ccc32)C1. The Bertz CT molecular complexity index is 1070. The van der Waals surface area contributed by atoms with Crippen LogP contribution >= 0.6 is 23.2 Å². The molecule has 2 amide bonds. The first-order valence-electron chi connectivity index (χ1n) is 11.5. The molecule has 1 aliphatic carbocycles. The van der Waals surface area contributed by atoms with Crippen molar-refractivity contribution >= 4 is 40.9 Å². The Kier molecular flexibility index (Phi) is 6.25. The first kappa shape index (κ1) is 22.5. The van der Waals surface area contributed by atoms with Gasteiger partial charge in [-0.1, -0.05) is 41.4 Å². The molecule has 0 radical (unpaired) electrons. The number of anilines is 1. The van der Waals surface area contributed by atoms with E-state index < -0.39 is 5.54 Å². The molecule has 2 aromatic rings. The lowest BCUT2D eigenvalue weighted by molar-refractivity contribution is -0.130. The zero-order chi connectivity index (χ0) is 23.0. The zero-order valence-electron chi connectivity index (χ0n) is 18.3. The molecule has 0 aromatic heterocycles. The fourth-order valence-electron chi connectivity index (χ4n) is 5.16. The van der Waals surface area contributed by atoms with Gasteiger partial charge in [0.15, 0.2) is 0 Å². The molecule has 2 aromatic carbocycles. The van der Waals surface area contributed by atoms with E-state index in [4.69, 9.17) is 27.9 Å². The maximum atomic E-state index is 13.6. The van der Waals surface area contributed by atoms with Gasteiger partial charge in [0.1, 0.15) is 11.6 Å². The van der Waals surface area contributed by atoms with Gasteiger partial charge in [-0.3, -0.25) is 9.69 Å². The van der Waals surface area contributed by atoms with Gasteiger partial charge in [-0.25, -0.2) is 4.79 Å². The van der Waals surface area contributed by atoms with E-state index in [0.717, 1.165) is 55.5 Å². The number of hydrogen-bond donors (Lipinski definition) is 2. The standard InChI is InChI=1S/C25H27Cl2N3O3/c26-17-5-1-4-16(12-17)14-25(21-10-9-18(27)13-22(21)29-23(25)31)30-11-3-8-20(15-30)33-24(32)28-19-6-2-7-19/h1,4-5,9-10,12-13,19-20H,2-3,6-8,11,14-15H2,(H,28,32)(H,29,31). The van der Waals surface area contributed by atoms with Crippen LogP contribution in [0.5, 0.6) is 0 Å².